The average molecular weight is 182 g/mol. The van der Waals surface area contributed by atoms with Gasteiger partial charge in [0.2, 0.25) is 0 Å². The van der Waals surface area contributed by atoms with E-state index in [2.05, 4.69) is 4.74 Å². The summed E-state index contributed by atoms with van der Waals surface area (Å²) in [5, 5.41) is 0. The molecular weight excluding hydrogens is 168 g/mol. The lowest BCUT2D eigenvalue weighted by molar-refractivity contribution is -0.134. The molecule has 72 valence electrons. The Kier molecular flexibility index (Phi) is 2.86. The molecule has 0 unspecified atom stereocenters. The zero-order valence-electron chi connectivity index (χ0n) is 8.00. The highest BCUT2D eigenvalue weighted by Crippen LogP contribution is 2.35. The minimum Gasteiger partial charge on any atom is -0.466 e. The van der Waals surface area contributed by atoms with Gasteiger partial charge in [-0.15, -0.1) is 0 Å². The van der Waals surface area contributed by atoms with E-state index >= 15 is 0 Å². The number of rotatable bonds is 2. The van der Waals surface area contributed by atoms with E-state index in [4.69, 9.17) is 0 Å². The molecule has 1 fully saturated rings. The van der Waals surface area contributed by atoms with Gasteiger partial charge in [0.05, 0.1) is 7.11 Å². The van der Waals surface area contributed by atoms with Gasteiger partial charge in [0.1, 0.15) is 5.78 Å². The van der Waals surface area contributed by atoms with E-state index in [-0.39, 0.29) is 5.78 Å². The first-order chi connectivity index (χ1) is 6.08. The molecular formula is C10H14O3. The molecule has 0 N–H and O–H groups in total. The summed E-state index contributed by atoms with van der Waals surface area (Å²) in [4.78, 5) is 22.2. The molecule has 0 aromatic carbocycles. The van der Waals surface area contributed by atoms with Crippen LogP contribution in [0.15, 0.2) is 12.2 Å². The number of allylic oxidation sites excluding steroid dienone is 1. The van der Waals surface area contributed by atoms with Crippen molar-refractivity contribution >= 4 is 11.8 Å². The highest BCUT2D eigenvalue weighted by atomic mass is 16.5. The number of Topliss-reactive ketones (excluding diaryl/α,β-unsaturated/α-hetero) is 1. The second-order valence-corrected chi connectivity index (χ2v) is 3.55. The van der Waals surface area contributed by atoms with Gasteiger partial charge in [-0.1, -0.05) is 6.08 Å². The lowest BCUT2D eigenvalue weighted by Crippen LogP contribution is -2.18. The number of hydrogen-bond acceptors (Lipinski definition) is 3. The van der Waals surface area contributed by atoms with E-state index in [0.29, 0.717) is 6.42 Å². The lowest BCUT2D eigenvalue weighted by atomic mass is 9.87. The minimum atomic E-state index is -0.436. The fourth-order valence-electron chi connectivity index (χ4n) is 1.54. The van der Waals surface area contributed by atoms with E-state index in [0.717, 1.165) is 12.8 Å². The number of methoxy groups -OCH3 is 1. The zero-order chi connectivity index (χ0) is 9.90. The Hall–Kier alpha value is -1.12. The molecule has 1 aliphatic rings. The molecule has 0 radical (unpaired) electrons. The summed E-state index contributed by atoms with van der Waals surface area (Å²) in [5.41, 5.74) is -0.436. The van der Waals surface area contributed by atoms with Gasteiger partial charge in [-0.3, -0.25) is 4.79 Å². The molecule has 0 aromatic rings. The molecule has 1 atom stereocenters. The van der Waals surface area contributed by atoms with Crippen LogP contribution in [0.4, 0.5) is 0 Å². The van der Waals surface area contributed by atoms with Gasteiger partial charge in [-0.05, 0) is 19.8 Å². The van der Waals surface area contributed by atoms with Crippen molar-refractivity contribution in [1.82, 2.24) is 0 Å². The molecule has 3 heteroatoms. The third-order valence-corrected chi connectivity index (χ3v) is 2.53. The van der Waals surface area contributed by atoms with Crippen LogP contribution >= 0.6 is 0 Å². The second kappa shape index (κ2) is 3.73. The molecule has 13 heavy (non-hydrogen) atoms. The molecule has 1 aliphatic carbocycles. The number of ether oxygens (including phenoxy) is 1. The van der Waals surface area contributed by atoms with Gasteiger partial charge in [0.25, 0.3) is 0 Å². The van der Waals surface area contributed by atoms with Crippen LogP contribution < -0.4 is 0 Å². The van der Waals surface area contributed by atoms with Crippen molar-refractivity contribution in [3.63, 3.8) is 0 Å². The quantitative estimate of drug-likeness (QED) is 0.480. The zero-order valence-corrected chi connectivity index (χ0v) is 8.00. The number of ketones is 1. The summed E-state index contributed by atoms with van der Waals surface area (Å²) >= 11 is 0. The van der Waals surface area contributed by atoms with Crippen LogP contribution in [0.2, 0.25) is 0 Å². The van der Waals surface area contributed by atoms with Gasteiger partial charge in [0, 0.05) is 17.9 Å². The third-order valence-electron chi connectivity index (χ3n) is 2.53. The van der Waals surface area contributed by atoms with Crippen LogP contribution in [0.25, 0.3) is 0 Å². The van der Waals surface area contributed by atoms with Gasteiger partial charge in [0.15, 0.2) is 0 Å². The van der Waals surface area contributed by atoms with E-state index in [9.17, 15) is 9.59 Å². The Balaban J connectivity index is 2.66. The highest BCUT2D eigenvalue weighted by molar-refractivity contribution is 5.90. The van der Waals surface area contributed by atoms with Crippen molar-refractivity contribution in [1.29, 1.82) is 0 Å². The number of carbonyl (C=O) groups excluding carboxylic acids is 2. The van der Waals surface area contributed by atoms with Crippen LogP contribution in [0.3, 0.4) is 0 Å². The Labute approximate surface area is 77.8 Å². The highest BCUT2D eigenvalue weighted by Gasteiger charge is 2.34. The molecule has 0 heterocycles. The summed E-state index contributed by atoms with van der Waals surface area (Å²) in [6.45, 7) is 1.86. The minimum absolute atomic E-state index is 0.215. The van der Waals surface area contributed by atoms with Crippen molar-refractivity contribution in [3.05, 3.63) is 12.2 Å². The van der Waals surface area contributed by atoms with Crippen molar-refractivity contribution < 1.29 is 14.3 Å². The molecule has 1 rings (SSSR count). The van der Waals surface area contributed by atoms with Crippen LogP contribution in [0.1, 0.15) is 26.2 Å². The Morgan fingerprint density at radius 1 is 1.62 bits per heavy atom. The summed E-state index contributed by atoms with van der Waals surface area (Å²) in [6.07, 6.45) is 5.37. The van der Waals surface area contributed by atoms with E-state index in [1.807, 2.05) is 6.92 Å². The van der Waals surface area contributed by atoms with Gasteiger partial charge in [-0.25, -0.2) is 4.79 Å². The molecule has 0 saturated heterocycles. The average Bonchev–Trinajstić information content (AvgIpc) is 2.44. The molecule has 0 amide bonds. The standard InChI is InChI=1S/C10H14O3/c1-10(6-3-4-8(10)11)7-5-9(12)13-2/h5,7H,3-4,6H2,1-2H3/b7-5+/t10-/m1/s1. The molecule has 0 aliphatic heterocycles. The Morgan fingerprint density at radius 3 is 2.77 bits per heavy atom. The first-order valence-electron chi connectivity index (χ1n) is 4.39. The Bertz CT molecular complexity index is 255. The predicted molar refractivity (Wildman–Crippen MR) is 48.1 cm³/mol. The smallest absolute Gasteiger partial charge is 0.330 e. The largest absolute Gasteiger partial charge is 0.466 e. The van der Waals surface area contributed by atoms with E-state index < -0.39 is 11.4 Å². The second-order valence-electron chi connectivity index (χ2n) is 3.55. The van der Waals surface area contributed by atoms with E-state index in [1.165, 1.54) is 13.2 Å². The third kappa shape index (κ3) is 2.17. The van der Waals surface area contributed by atoms with Gasteiger partial charge in [-0.2, -0.15) is 0 Å². The van der Waals surface area contributed by atoms with Gasteiger partial charge >= 0.3 is 5.97 Å². The molecule has 0 spiro atoms. The molecule has 0 aromatic heterocycles. The van der Waals surface area contributed by atoms with Crippen LogP contribution in [-0.4, -0.2) is 18.9 Å². The topological polar surface area (TPSA) is 43.4 Å². The van der Waals surface area contributed by atoms with Crippen LogP contribution in [0, 0.1) is 5.41 Å². The van der Waals surface area contributed by atoms with Crippen molar-refractivity contribution in [3.8, 4) is 0 Å². The first-order valence-corrected chi connectivity index (χ1v) is 4.39. The maximum absolute atomic E-state index is 11.4. The van der Waals surface area contributed by atoms with Gasteiger partial charge < -0.3 is 4.74 Å². The molecule has 0 bridgehead atoms. The lowest BCUT2D eigenvalue weighted by Gasteiger charge is -2.15. The van der Waals surface area contributed by atoms with Crippen molar-refractivity contribution in [2.75, 3.05) is 7.11 Å². The van der Waals surface area contributed by atoms with Crippen LogP contribution in [0.5, 0.6) is 0 Å². The summed E-state index contributed by atoms with van der Waals surface area (Å²) in [5.74, 6) is -0.187. The molecule has 1 saturated carbocycles. The monoisotopic (exact) mass is 182 g/mol. The van der Waals surface area contributed by atoms with Crippen molar-refractivity contribution in [2.45, 2.75) is 26.2 Å². The molecule has 3 nitrogen and oxygen atoms in total. The first kappa shape index (κ1) is 9.96. The Morgan fingerprint density at radius 2 is 2.31 bits per heavy atom. The summed E-state index contributed by atoms with van der Waals surface area (Å²) < 4.78 is 4.45. The van der Waals surface area contributed by atoms with E-state index in [1.54, 1.807) is 6.08 Å². The maximum Gasteiger partial charge on any atom is 0.330 e. The number of hydrogen-bond donors (Lipinski definition) is 0. The number of carbonyl (C=O) groups is 2. The summed E-state index contributed by atoms with van der Waals surface area (Å²) in [6, 6.07) is 0. The number of esters is 1. The van der Waals surface area contributed by atoms with Crippen molar-refractivity contribution in [2.24, 2.45) is 5.41 Å². The summed E-state index contributed by atoms with van der Waals surface area (Å²) in [7, 11) is 1.32. The predicted octanol–water partition coefficient (Wildman–Crippen LogP) is 1.47. The SMILES string of the molecule is COC(=O)/C=C/[C@@]1(C)CCCC1=O. The van der Waals surface area contributed by atoms with Crippen LogP contribution in [-0.2, 0) is 14.3 Å². The fourth-order valence-corrected chi connectivity index (χ4v) is 1.54. The normalized spacial score (nSPS) is 28.3. The fraction of sp³-hybridized carbons (Fsp3) is 0.600. The maximum atomic E-state index is 11.4.